The van der Waals surface area contributed by atoms with E-state index < -0.39 is 11.8 Å². The highest BCUT2D eigenvalue weighted by atomic mass is 16.5. The van der Waals surface area contributed by atoms with Gasteiger partial charge in [-0.1, -0.05) is 78.9 Å². The van der Waals surface area contributed by atoms with Gasteiger partial charge in [-0.2, -0.15) is 0 Å². The molecule has 1 heterocycles. The average molecular weight is 545 g/mol. The molecule has 4 aromatic carbocycles. The lowest BCUT2D eigenvalue weighted by molar-refractivity contribution is -0.136. The smallest absolute Gasteiger partial charge is 0.262 e. The minimum absolute atomic E-state index is 0.131. The Morgan fingerprint density at radius 1 is 0.829 bits per heavy atom. The molecule has 2 atom stereocenters. The van der Waals surface area contributed by atoms with Gasteiger partial charge in [0.05, 0.1) is 24.3 Å². The molecule has 2 aliphatic rings. The van der Waals surface area contributed by atoms with Crippen LogP contribution in [0.2, 0.25) is 0 Å². The number of nitrogens with zero attached hydrogens (tertiary/aromatic N) is 2. The fourth-order valence-electron chi connectivity index (χ4n) is 6.24. The summed E-state index contributed by atoms with van der Waals surface area (Å²) < 4.78 is 5.61. The van der Waals surface area contributed by atoms with E-state index in [9.17, 15) is 14.4 Å². The van der Waals surface area contributed by atoms with E-state index >= 15 is 0 Å². The fraction of sp³-hybridized carbons (Fsp3) is 0.229. The number of benzene rings is 4. The van der Waals surface area contributed by atoms with Crippen LogP contribution in [0.1, 0.15) is 55.4 Å². The highest BCUT2D eigenvalue weighted by Crippen LogP contribution is 2.43. The molecule has 1 aliphatic heterocycles. The minimum atomic E-state index is -0.426. The Balaban J connectivity index is 1.40. The number of ether oxygens (including phenoxy) is 1. The van der Waals surface area contributed by atoms with Crippen LogP contribution in [0.3, 0.4) is 0 Å². The van der Waals surface area contributed by atoms with Crippen LogP contribution in [0, 0.1) is 5.92 Å². The first kappa shape index (κ1) is 26.5. The number of hydrogen-bond acceptors (Lipinski definition) is 4. The predicted molar refractivity (Wildman–Crippen MR) is 156 cm³/mol. The molecule has 0 N–H and O–H groups in total. The molecule has 3 amide bonds. The molecule has 6 heteroatoms. The van der Waals surface area contributed by atoms with E-state index in [1.54, 1.807) is 31.4 Å². The van der Waals surface area contributed by atoms with Gasteiger partial charge in [0.15, 0.2) is 0 Å². The SMILES string of the molecule is COc1ccc2c(c1)C(N(Cc1ccccc1)C(=O)CN1C(=O)c3ccccc3C1=O)C(Cc1ccccc1)CC2. The van der Waals surface area contributed by atoms with E-state index in [0.29, 0.717) is 17.7 Å². The number of aryl methyl sites for hydroxylation is 1. The number of methoxy groups -OCH3 is 1. The molecule has 0 bridgehead atoms. The second kappa shape index (κ2) is 11.4. The summed E-state index contributed by atoms with van der Waals surface area (Å²) in [6.07, 6.45) is 2.61. The second-order valence-electron chi connectivity index (χ2n) is 10.7. The number of carbonyl (C=O) groups is 3. The van der Waals surface area contributed by atoms with Crippen LogP contribution in [-0.4, -0.2) is 41.2 Å². The van der Waals surface area contributed by atoms with Crippen molar-refractivity contribution >= 4 is 17.7 Å². The lowest BCUT2D eigenvalue weighted by Crippen LogP contribution is -2.46. The minimum Gasteiger partial charge on any atom is -0.497 e. The van der Waals surface area contributed by atoms with Gasteiger partial charge >= 0.3 is 0 Å². The first-order chi connectivity index (χ1) is 20.0. The zero-order chi connectivity index (χ0) is 28.3. The molecule has 6 nitrogen and oxygen atoms in total. The van der Waals surface area contributed by atoms with Crippen LogP contribution in [0.25, 0.3) is 0 Å². The molecule has 0 saturated heterocycles. The number of amides is 3. The van der Waals surface area contributed by atoms with E-state index in [0.717, 1.165) is 41.0 Å². The van der Waals surface area contributed by atoms with Gasteiger partial charge in [-0.25, -0.2) is 0 Å². The summed E-state index contributed by atoms with van der Waals surface area (Å²) in [5.74, 6) is -0.245. The maximum Gasteiger partial charge on any atom is 0.262 e. The number of imide groups is 1. The topological polar surface area (TPSA) is 66.9 Å². The van der Waals surface area contributed by atoms with Gasteiger partial charge in [-0.05, 0) is 71.7 Å². The molecule has 6 rings (SSSR count). The van der Waals surface area contributed by atoms with Crippen molar-refractivity contribution in [3.8, 4) is 5.75 Å². The van der Waals surface area contributed by atoms with Crippen molar-refractivity contribution in [3.05, 3.63) is 137 Å². The predicted octanol–water partition coefficient (Wildman–Crippen LogP) is 5.87. The molecule has 2 unspecified atom stereocenters. The molecule has 0 aromatic heterocycles. The molecule has 4 aromatic rings. The zero-order valence-electron chi connectivity index (χ0n) is 23.0. The third kappa shape index (κ3) is 5.25. The fourth-order valence-corrected chi connectivity index (χ4v) is 6.24. The number of hydrogen-bond donors (Lipinski definition) is 0. The van der Waals surface area contributed by atoms with Gasteiger partial charge in [-0.3, -0.25) is 19.3 Å². The van der Waals surface area contributed by atoms with Crippen LogP contribution >= 0.6 is 0 Å². The summed E-state index contributed by atoms with van der Waals surface area (Å²) >= 11 is 0. The largest absolute Gasteiger partial charge is 0.497 e. The van der Waals surface area contributed by atoms with Crippen molar-refractivity contribution in [1.82, 2.24) is 9.80 Å². The van der Waals surface area contributed by atoms with E-state index in [1.807, 2.05) is 65.6 Å². The third-order valence-electron chi connectivity index (χ3n) is 8.27. The summed E-state index contributed by atoms with van der Waals surface area (Å²) in [6, 6.07) is 32.8. The molecule has 0 radical (unpaired) electrons. The van der Waals surface area contributed by atoms with Crippen molar-refractivity contribution in [3.63, 3.8) is 0 Å². The van der Waals surface area contributed by atoms with Gasteiger partial charge in [0, 0.05) is 6.54 Å². The average Bonchev–Trinajstić information content (AvgIpc) is 3.25. The molecule has 206 valence electrons. The van der Waals surface area contributed by atoms with Crippen molar-refractivity contribution in [2.75, 3.05) is 13.7 Å². The number of carbonyl (C=O) groups excluding carboxylic acids is 3. The Morgan fingerprint density at radius 3 is 2.07 bits per heavy atom. The lowest BCUT2D eigenvalue weighted by Gasteiger charge is -2.42. The lowest BCUT2D eigenvalue weighted by atomic mass is 9.75. The van der Waals surface area contributed by atoms with Crippen molar-refractivity contribution in [1.29, 1.82) is 0 Å². The summed E-state index contributed by atoms with van der Waals surface area (Å²) in [5.41, 5.74) is 5.12. The molecule has 1 aliphatic carbocycles. The van der Waals surface area contributed by atoms with Crippen molar-refractivity contribution < 1.29 is 19.1 Å². The monoisotopic (exact) mass is 544 g/mol. The highest BCUT2D eigenvalue weighted by Gasteiger charge is 2.41. The van der Waals surface area contributed by atoms with Crippen LogP contribution in [-0.2, 0) is 24.2 Å². The Hall–Kier alpha value is -4.71. The highest BCUT2D eigenvalue weighted by molar-refractivity contribution is 6.22. The van der Waals surface area contributed by atoms with Gasteiger partial charge in [-0.15, -0.1) is 0 Å². The Labute approximate surface area is 240 Å². The summed E-state index contributed by atoms with van der Waals surface area (Å²) in [5, 5.41) is 0. The molecular weight excluding hydrogens is 512 g/mol. The van der Waals surface area contributed by atoms with Crippen LogP contribution in [0.15, 0.2) is 103 Å². The summed E-state index contributed by atoms with van der Waals surface area (Å²) in [7, 11) is 1.65. The van der Waals surface area contributed by atoms with Crippen molar-refractivity contribution in [2.45, 2.75) is 31.8 Å². The van der Waals surface area contributed by atoms with Crippen LogP contribution < -0.4 is 4.74 Å². The summed E-state index contributed by atoms with van der Waals surface area (Å²) in [4.78, 5) is 43.7. The third-order valence-corrected chi connectivity index (χ3v) is 8.27. The van der Waals surface area contributed by atoms with Crippen LogP contribution in [0.5, 0.6) is 5.75 Å². The van der Waals surface area contributed by atoms with Crippen LogP contribution in [0.4, 0.5) is 0 Å². The van der Waals surface area contributed by atoms with E-state index in [2.05, 4.69) is 18.2 Å². The quantitative estimate of drug-likeness (QED) is 0.261. The Bertz CT molecular complexity index is 1550. The summed E-state index contributed by atoms with van der Waals surface area (Å²) in [6.45, 7) is 0.0441. The normalized spacial score (nSPS) is 17.6. The van der Waals surface area contributed by atoms with E-state index in [-0.39, 0.29) is 24.4 Å². The zero-order valence-corrected chi connectivity index (χ0v) is 23.0. The number of rotatable bonds is 8. The van der Waals surface area contributed by atoms with E-state index in [4.69, 9.17) is 4.74 Å². The molecular formula is C35H32N2O4. The van der Waals surface area contributed by atoms with Gasteiger partial charge in [0.1, 0.15) is 12.3 Å². The molecule has 0 fully saturated rings. The Morgan fingerprint density at radius 2 is 1.44 bits per heavy atom. The van der Waals surface area contributed by atoms with Gasteiger partial charge in [0.2, 0.25) is 5.91 Å². The van der Waals surface area contributed by atoms with Gasteiger partial charge in [0.25, 0.3) is 11.8 Å². The van der Waals surface area contributed by atoms with Gasteiger partial charge < -0.3 is 9.64 Å². The molecule has 41 heavy (non-hydrogen) atoms. The number of fused-ring (bicyclic) bond motifs is 2. The van der Waals surface area contributed by atoms with Crippen molar-refractivity contribution in [2.24, 2.45) is 5.92 Å². The molecule has 0 spiro atoms. The Kier molecular flexibility index (Phi) is 7.38. The first-order valence-electron chi connectivity index (χ1n) is 14.0. The second-order valence-corrected chi connectivity index (χ2v) is 10.7. The maximum atomic E-state index is 14.4. The standard InChI is InChI=1S/C35H32N2O4/c1-41-28-19-18-26-16-17-27(20-24-10-4-2-5-11-24)33(31(26)21-28)36(22-25-12-6-3-7-13-25)32(38)23-37-34(39)29-14-8-9-15-30(29)35(37)40/h2-15,18-19,21,27,33H,16-17,20,22-23H2,1H3. The first-order valence-corrected chi connectivity index (χ1v) is 14.0. The maximum absolute atomic E-state index is 14.4. The molecule has 0 saturated carbocycles. The van der Waals surface area contributed by atoms with E-state index in [1.165, 1.54) is 11.1 Å².